The van der Waals surface area contributed by atoms with Crippen LogP contribution in [-0.2, 0) is 22.6 Å². The Kier molecular flexibility index (Phi) is 7.02. The summed E-state index contributed by atoms with van der Waals surface area (Å²) in [4.78, 5) is 38.6. The highest BCUT2D eigenvalue weighted by Crippen LogP contribution is 2.39. The average Bonchev–Trinajstić information content (AvgIpc) is 2.77. The van der Waals surface area contributed by atoms with E-state index in [1.165, 1.54) is 43.2 Å². The molecule has 0 fully saturated rings. The lowest BCUT2D eigenvalue weighted by molar-refractivity contribution is -0.0262. The number of benzene rings is 1. The van der Waals surface area contributed by atoms with Gasteiger partial charge < -0.3 is 24.5 Å². The summed E-state index contributed by atoms with van der Waals surface area (Å²) >= 11 is 5.74. The van der Waals surface area contributed by atoms with Gasteiger partial charge in [0.05, 0.1) is 23.1 Å². The van der Waals surface area contributed by atoms with Crippen molar-refractivity contribution in [2.24, 2.45) is 5.41 Å². The first kappa shape index (κ1) is 23.9. The van der Waals surface area contributed by atoms with Gasteiger partial charge in [0.15, 0.2) is 11.5 Å². The third kappa shape index (κ3) is 4.15. The standard InChI is InChI=1S/C22H24ClFN2O6/c1-22(7-8-31-2)15(32-3)11-26-10-13(18(27)19(28)17(26)20(22)29)21(30)25-9-12-5-4-6-14(23)16(12)24/h4-6,10,15,28H,7-9,11H2,1-3H3,(H,25,30)/t15-,22-/m0/s1. The summed E-state index contributed by atoms with van der Waals surface area (Å²) in [5.41, 5.74) is -2.44. The van der Waals surface area contributed by atoms with Crippen LogP contribution in [0.25, 0.3) is 0 Å². The topological polar surface area (TPSA) is 107 Å². The van der Waals surface area contributed by atoms with E-state index >= 15 is 0 Å². The number of nitrogens with one attached hydrogen (secondary N) is 1. The van der Waals surface area contributed by atoms with E-state index in [1.54, 1.807) is 6.92 Å². The number of rotatable bonds is 7. The highest BCUT2D eigenvalue weighted by atomic mass is 35.5. The number of pyridine rings is 1. The van der Waals surface area contributed by atoms with Crippen LogP contribution < -0.4 is 10.7 Å². The molecule has 1 aliphatic rings. The molecule has 0 radical (unpaired) electrons. The summed E-state index contributed by atoms with van der Waals surface area (Å²) in [7, 11) is 2.97. The number of amides is 1. The number of hydrogen-bond acceptors (Lipinski definition) is 6. The third-order valence-electron chi connectivity index (χ3n) is 5.89. The van der Waals surface area contributed by atoms with Crippen LogP contribution in [0.1, 0.15) is 39.8 Å². The molecule has 0 bridgehead atoms. The molecule has 1 aromatic heterocycles. The van der Waals surface area contributed by atoms with E-state index < -0.39 is 40.2 Å². The predicted octanol–water partition coefficient (Wildman–Crippen LogP) is 2.53. The van der Waals surface area contributed by atoms with Crippen LogP contribution in [0.2, 0.25) is 5.02 Å². The molecule has 0 aliphatic carbocycles. The average molecular weight is 467 g/mol. The largest absolute Gasteiger partial charge is 0.503 e. The van der Waals surface area contributed by atoms with E-state index in [-0.39, 0.29) is 41.5 Å². The summed E-state index contributed by atoms with van der Waals surface area (Å²) in [5.74, 6) is -2.79. The molecular formula is C22H24ClFN2O6. The van der Waals surface area contributed by atoms with E-state index in [4.69, 9.17) is 21.1 Å². The number of fused-ring (bicyclic) bond motifs is 1. The van der Waals surface area contributed by atoms with Crippen LogP contribution in [0, 0.1) is 11.2 Å². The van der Waals surface area contributed by atoms with Crippen molar-refractivity contribution < 1.29 is 28.6 Å². The number of aromatic nitrogens is 1. The number of Topliss-reactive ketones (excluding diaryl/α,β-unsaturated/α-hetero) is 1. The molecule has 3 rings (SSSR count). The molecule has 172 valence electrons. The van der Waals surface area contributed by atoms with Crippen LogP contribution >= 0.6 is 11.6 Å². The van der Waals surface area contributed by atoms with Crippen molar-refractivity contribution in [3.05, 3.63) is 62.3 Å². The number of carbonyl (C=O) groups excluding carboxylic acids is 2. The van der Waals surface area contributed by atoms with E-state index in [9.17, 15) is 23.9 Å². The second-order valence-corrected chi connectivity index (χ2v) is 8.24. The SMILES string of the molecule is COCC[C@]1(C)C(=O)c2c(O)c(=O)c(C(=O)NCc3cccc(Cl)c3F)cn2C[C@@H]1OC. The maximum atomic E-state index is 14.1. The third-order valence-corrected chi connectivity index (χ3v) is 6.18. The minimum Gasteiger partial charge on any atom is -0.503 e. The number of nitrogens with zero attached hydrogens (tertiary/aromatic N) is 1. The molecule has 8 nitrogen and oxygen atoms in total. The predicted molar refractivity (Wildman–Crippen MR) is 115 cm³/mol. The summed E-state index contributed by atoms with van der Waals surface area (Å²) in [6, 6.07) is 4.35. The molecule has 0 unspecified atom stereocenters. The number of halogens is 2. The fourth-order valence-corrected chi connectivity index (χ4v) is 4.06. The van der Waals surface area contributed by atoms with Crippen molar-refractivity contribution in [1.29, 1.82) is 0 Å². The maximum absolute atomic E-state index is 14.1. The summed E-state index contributed by atoms with van der Waals surface area (Å²) < 4.78 is 26.0. The van der Waals surface area contributed by atoms with Gasteiger partial charge in [-0.2, -0.15) is 0 Å². The Bertz CT molecular complexity index is 1120. The Balaban J connectivity index is 1.94. The molecule has 1 amide bonds. The smallest absolute Gasteiger partial charge is 0.257 e. The first-order chi connectivity index (χ1) is 15.2. The molecule has 1 aliphatic heterocycles. The van der Waals surface area contributed by atoms with E-state index in [1.807, 2.05) is 0 Å². The number of methoxy groups -OCH3 is 2. The molecule has 0 saturated heterocycles. The van der Waals surface area contributed by atoms with Crippen molar-refractivity contribution >= 4 is 23.3 Å². The molecular weight excluding hydrogens is 443 g/mol. The van der Waals surface area contributed by atoms with Gasteiger partial charge in [-0.3, -0.25) is 14.4 Å². The highest BCUT2D eigenvalue weighted by molar-refractivity contribution is 6.30. The van der Waals surface area contributed by atoms with Crippen LogP contribution in [0.5, 0.6) is 5.75 Å². The van der Waals surface area contributed by atoms with E-state index in [0.29, 0.717) is 6.42 Å². The van der Waals surface area contributed by atoms with E-state index in [2.05, 4.69) is 5.32 Å². The van der Waals surface area contributed by atoms with Crippen molar-refractivity contribution in [2.75, 3.05) is 20.8 Å². The maximum Gasteiger partial charge on any atom is 0.257 e. The monoisotopic (exact) mass is 466 g/mol. The Labute approximate surface area is 188 Å². The minimum atomic E-state index is -1.03. The lowest BCUT2D eigenvalue weighted by Gasteiger charge is -2.40. The van der Waals surface area contributed by atoms with Gasteiger partial charge >= 0.3 is 0 Å². The van der Waals surface area contributed by atoms with Crippen molar-refractivity contribution in [2.45, 2.75) is 32.5 Å². The van der Waals surface area contributed by atoms with Gasteiger partial charge in [0.1, 0.15) is 17.1 Å². The molecule has 2 atom stereocenters. The van der Waals surface area contributed by atoms with Gasteiger partial charge in [-0.15, -0.1) is 0 Å². The number of aromatic hydroxyl groups is 1. The zero-order valence-corrected chi connectivity index (χ0v) is 18.7. The number of ketones is 1. The van der Waals surface area contributed by atoms with Gasteiger partial charge in [-0.05, 0) is 19.4 Å². The minimum absolute atomic E-state index is 0.0936. The normalized spacial score (nSPS) is 20.2. The van der Waals surface area contributed by atoms with Gasteiger partial charge in [0.25, 0.3) is 5.91 Å². The van der Waals surface area contributed by atoms with Gasteiger partial charge in [-0.25, -0.2) is 4.39 Å². The van der Waals surface area contributed by atoms with Crippen molar-refractivity contribution in [3.8, 4) is 5.75 Å². The van der Waals surface area contributed by atoms with Gasteiger partial charge in [-0.1, -0.05) is 23.7 Å². The van der Waals surface area contributed by atoms with Crippen LogP contribution in [-0.4, -0.2) is 48.3 Å². The lowest BCUT2D eigenvalue weighted by atomic mass is 9.73. The quantitative estimate of drug-likeness (QED) is 0.649. The van der Waals surface area contributed by atoms with Crippen LogP contribution in [0.3, 0.4) is 0 Å². The molecule has 2 heterocycles. The van der Waals surface area contributed by atoms with Crippen LogP contribution in [0.15, 0.2) is 29.2 Å². The Hall–Kier alpha value is -2.75. The van der Waals surface area contributed by atoms with Crippen molar-refractivity contribution in [3.63, 3.8) is 0 Å². The van der Waals surface area contributed by atoms with Gasteiger partial charge in [0.2, 0.25) is 5.43 Å². The zero-order valence-electron chi connectivity index (χ0n) is 17.9. The lowest BCUT2D eigenvalue weighted by Crippen LogP contribution is -2.50. The second kappa shape index (κ2) is 9.40. The molecule has 2 aromatic rings. The number of ether oxygens (including phenoxy) is 2. The summed E-state index contributed by atoms with van der Waals surface area (Å²) in [6.07, 6.45) is 0.957. The molecule has 2 N–H and O–H groups in total. The Morgan fingerprint density at radius 2 is 2.09 bits per heavy atom. The Morgan fingerprint density at radius 3 is 2.75 bits per heavy atom. The second-order valence-electron chi connectivity index (χ2n) is 7.83. The fourth-order valence-electron chi connectivity index (χ4n) is 3.87. The van der Waals surface area contributed by atoms with Gasteiger partial charge in [0, 0.05) is 39.1 Å². The van der Waals surface area contributed by atoms with Crippen molar-refractivity contribution in [1.82, 2.24) is 9.88 Å². The number of hydrogen-bond donors (Lipinski definition) is 2. The van der Waals surface area contributed by atoms with E-state index in [0.717, 1.165) is 0 Å². The fraction of sp³-hybridized carbons (Fsp3) is 0.409. The molecule has 0 saturated carbocycles. The molecule has 0 spiro atoms. The Morgan fingerprint density at radius 1 is 1.38 bits per heavy atom. The molecule has 32 heavy (non-hydrogen) atoms. The first-order valence-electron chi connectivity index (χ1n) is 9.89. The number of carbonyl (C=O) groups is 2. The summed E-state index contributed by atoms with van der Waals surface area (Å²) in [6.45, 7) is 1.89. The molecule has 10 heteroatoms. The molecule has 1 aromatic carbocycles. The highest BCUT2D eigenvalue weighted by Gasteiger charge is 2.48. The summed E-state index contributed by atoms with van der Waals surface area (Å²) in [5, 5.41) is 12.9. The van der Waals surface area contributed by atoms with Crippen LogP contribution in [0.4, 0.5) is 4.39 Å². The zero-order chi connectivity index (χ0) is 23.6. The first-order valence-corrected chi connectivity index (χ1v) is 10.3.